The lowest BCUT2D eigenvalue weighted by molar-refractivity contribution is 0.0950. The van der Waals surface area contributed by atoms with Crippen LogP contribution in [-0.2, 0) is 26.7 Å². The minimum absolute atomic E-state index is 0.116. The molecule has 1 saturated heterocycles. The SMILES string of the molecule is C#CCN(Cc1cc2c(=O)n(C)c(CN3CCN(CCN)CC3)nc2cc1Cl)c1ccc(C(=O)NCc2ccccn2)cc1. The molecule has 3 heterocycles. The molecule has 0 atom stereocenters. The average Bonchev–Trinajstić information content (AvgIpc) is 3.04. The van der Waals surface area contributed by atoms with Crippen molar-refractivity contribution in [3.8, 4) is 12.3 Å². The number of terminal acetylenes is 1. The van der Waals surface area contributed by atoms with Crippen LogP contribution < -0.4 is 21.5 Å². The van der Waals surface area contributed by atoms with Gasteiger partial charge in [0.25, 0.3) is 11.5 Å². The molecule has 0 radical (unpaired) electrons. The molecule has 10 nitrogen and oxygen atoms in total. The number of nitrogens with zero attached hydrogens (tertiary/aromatic N) is 6. The van der Waals surface area contributed by atoms with E-state index in [-0.39, 0.29) is 11.5 Å². The van der Waals surface area contributed by atoms with Crippen molar-refractivity contribution in [2.75, 3.05) is 50.7 Å². The van der Waals surface area contributed by atoms with E-state index >= 15 is 0 Å². The van der Waals surface area contributed by atoms with Crippen molar-refractivity contribution >= 4 is 34.1 Å². The molecule has 0 saturated carbocycles. The van der Waals surface area contributed by atoms with Gasteiger partial charge in [-0.05, 0) is 54.1 Å². The molecule has 2 aromatic carbocycles. The van der Waals surface area contributed by atoms with Gasteiger partial charge in [-0.15, -0.1) is 6.42 Å². The fraction of sp³-hybridized carbons (Fsp3) is 0.333. The Balaban J connectivity index is 1.30. The first-order chi connectivity index (χ1) is 21.4. The van der Waals surface area contributed by atoms with E-state index in [2.05, 4.69) is 26.0 Å². The normalized spacial score (nSPS) is 14.0. The fourth-order valence-corrected chi connectivity index (χ4v) is 5.57. The van der Waals surface area contributed by atoms with Gasteiger partial charge in [-0.1, -0.05) is 23.6 Å². The van der Waals surface area contributed by atoms with Crippen molar-refractivity contribution in [1.82, 2.24) is 29.7 Å². The van der Waals surface area contributed by atoms with Crippen LogP contribution in [0.15, 0.2) is 65.6 Å². The van der Waals surface area contributed by atoms with Crippen molar-refractivity contribution in [1.29, 1.82) is 0 Å². The summed E-state index contributed by atoms with van der Waals surface area (Å²) in [5, 5.41) is 3.90. The number of benzene rings is 2. The number of hydrogen-bond acceptors (Lipinski definition) is 8. The quantitative estimate of drug-likeness (QED) is 0.249. The topological polar surface area (TPSA) is 113 Å². The third-order valence-corrected chi connectivity index (χ3v) is 8.26. The van der Waals surface area contributed by atoms with E-state index in [0.717, 1.165) is 49.7 Å². The van der Waals surface area contributed by atoms with Gasteiger partial charge in [0, 0.05) is 75.3 Å². The average molecular weight is 613 g/mol. The first-order valence-corrected chi connectivity index (χ1v) is 15.0. The highest BCUT2D eigenvalue weighted by atomic mass is 35.5. The Kier molecular flexibility index (Phi) is 10.2. The minimum Gasteiger partial charge on any atom is -0.356 e. The van der Waals surface area contributed by atoms with E-state index in [4.69, 9.17) is 28.7 Å². The van der Waals surface area contributed by atoms with E-state index in [9.17, 15) is 9.59 Å². The number of piperazine rings is 1. The van der Waals surface area contributed by atoms with Gasteiger partial charge in [0.2, 0.25) is 0 Å². The molecule has 11 heteroatoms. The fourth-order valence-electron chi connectivity index (χ4n) is 5.35. The number of hydrogen-bond donors (Lipinski definition) is 2. The Morgan fingerprint density at radius 1 is 1.11 bits per heavy atom. The molecule has 5 rings (SSSR count). The molecule has 1 aliphatic heterocycles. The molecule has 1 amide bonds. The molecule has 1 fully saturated rings. The minimum atomic E-state index is -0.195. The van der Waals surface area contributed by atoms with Gasteiger partial charge in [-0.3, -0.25) is 28.9 Å². The van der Waals surface area contributed by atoms with Gasteiger partial charge in [0.1, 0.15) is 5.82 Å². The molecular formula is C33H37ClN8O2. The highest BCUT2D eigenvalue weighted by Gasteiger charge is 2.20. The zero-order chi connectivity index (χ0) is 31.1. The second-order valence-corrected chi connectivity index (χ2v) is 11.3. The number of rotatable bonds is 11. The summed E-state index contributed by atoms with van der Waals surface area (Å²) >= 11 is 6.76. The van der Waals surface area contributed by atoms with Crippen molar-refractivity contribution < 1.29 is 4.79 Å². The number of carbonyl (C=O) groups excluding carboxylic acids is 1. The number of pyridine rings is 1. The summed E-state index contributed by atoms with van der Waals surface area (Å²) in [6.07, 6.45) is 7.40. The summed E-state index contributed by atoms with van der Waals surface area (Å²) in [5.74, 6) is 3.21. The first-order valence-electron chi connectivity index (χ1n) is 14.7. The van der Waals surface area contributed by atoms with Crippen molar-refractivity contribution in [3.63, 3.8) is 0 Å². The Bertz CT molecular complexity index is 1690. The van der Waals surface area contributed by atoms with E-state index in [1.54, 1.807) is 36.0 Å². The molecule has 0 bridgehead atoms. The number of carbonyl (C=O) groups is 1. The van der Waals surface area contributed by atoms with E-state index < -0.39 is 0 Å². The van der Waals surface area contributed by atoms with E-state index in [1.807, 2.05) is 41.3 Å². The predicted molar refractivity (Wildman–Crippen MR) is 174 cm³/mol. The van der Waals surface area contributed by atoms with Crippen molar-refractivity contribution in [3.05, 3.63) is 98.8 Å². The highest BCUT2D eigenvalue weighted by Crippen LogP contribution is 2.26. The maximum Gasteiger partial charge on any atom is 0.261 e. The van der Waals surface area contributed by atoms with Crippen LogP contribution in [0.5, 0.6) is 0 Å². The molecule has 1 aliphatic rings. The van der Waals surface area contributed by atoms with Crippen LogP contribution >= 0.6 is 11.6 Å². The summed E-state index contributed by atoms with van der Waals surface area (Å²) in [4.78, 5) is 41.8. The smallest absolute Gasteiger partial charge is 0.261 e. The number of fused-ring (bicyclic) bond motifs is 1. The van der Waals surface area contributed by atoms with Gasteiger partial charge in [0.15, 0.2) is 0 Å². The summed E-state index contributed by atoms with van der Waals surface area (Å²) in [5.41, 5.74) is 9.05. The van der Waals surface area contributed by atoms with Crippen LogP contribution in [0.4, 0.5) is 5.69 Å². The third-order valence-electron chi connectivity index (χ3n) is 7.91. The van der Waals surface area contributed by atoms with Crippen LogP contribution in [0.1, 0.15) is 27.4 Å². The monoisotopic (exact) mass is 612 g/mol. The van der Waals surface area contributed by atoms with Crippen LogP contribution in [0.2, 0.25) is 5.02 Å². The van der Waals surface area contributed by atoms with Gasteiger partial charge in [-0.2, -0.15) is 0 Å². The summed E-state index contributed by atoms with van der Waals surface area (Å²) < 4.78 is 1.63. The summed E-state index contributed by atoms with van der Waals surface area (Å²) in [7, 11) is 1.77. The second-order valence-electron chi connectivity index (χ2n) is 10.9. The maximum absolute atomic E-state index is 13.5. The molecule has 0 spiro atoms. The Labute approximate surface area is 262 Å². The zero-order valence-electron chi connectivity index (χ0n) is 24.9. The zero-order valence-corrected chi connectivity index (χ0v) is 25.6. The van der Waals surface area contributed by atoms with Crippen LogP contribution in [0.3, 0.4) is 0 Å². The van der Waals surface area contributed by atoms with Crippen molar-refractivity contribution in [2.24, 2.45) is 12.8 Å². The largest absolute Gasteiger partial charge is 0.356 e. The lowest BCUT2D eigenvalue weighted by Gasteiger charge is -2.34. The van der Waals surface area contributed by atoms with Crippen molar-refractivity contribution in [2.45, 2.75) is 19.6 Å². The number of nitrogens with two attached hydrogens (primary N) is 1. The molecule has 3 N–H and O–H groups in total. The number of amides is 1. The lowest BCUT2D eigenvalue weighted by atomic mass is 10.1. The maximum atomic E-state index is 13.5. The Morgan fingerprint density at radius 2 is 1.86 bits per heavy atom. The number of anilines is 1. The van der Waals surface area contributed by atoms with Gasteiger partial charge >= 0.3 is 0 Å². The third kappa shape index (κ3) is 7.44. The second kappa shape index (κ2) is 14.5. The predicted octanol–water partition coefficient (Wildman–Crippen LogP) is 2.63. The van der Waals surface area contributed by atoms with Gasteiger partial charge < -0.3 is 16.0 Å². The molecular weight excluding hydrogens is 576 g/mol. The number of halogens is 1. The summed E-state index contributed by atoms with van der Waals surface area (Å²) in [6.45, 7) is 6.87. The van der Waals surface area contributed by atoms with E-state index in [1.165, 1.54) is 0 Å². The van der Waals surface area contributed by atoms with Crippen LogP contribution in [-0.4, -0.2) is 76.1 Å². The molecule has 4 aromatic rings. The Hall–Kier alpha value is -4.27. The lowest BCUT2D eigenvalue weighted by Crippen LogP contribution is -2.47. The molecule has 0 unspecified atom stereocenters. The Morgan fingerprint density at radius 3 is 2.55 bits per heavy atom. The summed E-state index contributed by atoms with van der Waals surface area (Å²) in [6, 6.07) is 16.4. The standard InChI is InChI=1S/C33H37ClN8O2/c1-3-13-42(27-9-7-24(8-10-27)32(43)37-21-26-6-4-5-12-36-26)22-25-19-28-30(20-29(25)34)38-31(39(2)33(28)44)23-41-17-15-40(14-11-35)16-18-41/h1,4-10,12,19-20H,11,13-18,21-23,35H2,2H3,(H,37,43). The van der Waals surface area contributed by atoms with Crippen LogP contribution in [0.25, 0.3) is 10.9 Å². The molecule has 44 heavy (non-hydrogen) atoms. The molecule has 2 aromatic heterocycles. The number of aromatic nitrogens is 3. The van der Waals surface area contributed by atoms with Gasteiger partial charge in [-0.25, -0.2) is 4.98 Å². The molecule has 0 aliphatic carbocycles. The van der Waals surface area contributed by atoms with Crippen LogP contribution in [0, 0.1) is 12.3 Å². The first kappa shape index (κ1) is 31.2. The number of nitrogens with one attached hydrogen (secondary N) is 1. The van der Waals surface area contributed by atoms with E-state index in [0.29, 0.717) is 60.0 Å². The van der Waals surface area contributed by atoms with Gasteiger partial charge in [0.05, 0.1) is 36.2 Å². The molecule has 228 valence electrons. The highest BCUT2D eigenvalue weighted by molar-refractivity contribution is 6.32.